The maximum absolute atomic E-state index is 5.38. The summed E-state index contributed by atoms with van der Waals surface area (Å²) in [4.78, 5) is 3.83. The van der Waals surface area contributed by atoms with E-state index < -0.39 is 0 Å². The highest BCUT2D eigenvalue weighted by atomic mass is 14.9. The summed E-state index contributed by atoms with van der Waals surface area (Å²) in [5.74, 6) is 0.543. The zero-order chi connectivity index (χ0) is 8.69. The van der Waals surface area contributed by atoms with Crippen LogP contribution in [0.2, 0.25) is 0 Å². The van der Waals surface area contributed by atoms with Crippen LogP contribution < -0.4 is 11.1 Å². The van der Waals surface area contributed by atoms with E-state index in [4.69, 9.17) is 5.73 Å². The third kappa shape index (κ3) is 3.45. The first-order chi connectivity index (χ1) is 5.33. The summed E-state index contributed by atoms with van der Waals surface area (Å²) >= 11 is 0. The zero-order valence-corrected chi connectivity index (χ0v) is 7.26. The van der Waals surface area contributed by atoms with Crippen molar-refractivity contribution < 1.29 is 0 Å². The molecule has 0 aliphatic rings. The normalized spacial score (nSPS) is 7.91. The number of nitrogen functional groups attached to an aromatic ring is 1. The van der Waals surface area contributed by atoms with Gasteiger partial charge < -0.3 is 11.1 Å². The fourth-order valence-corrected chi connectivity index (χ4v) is 0.604. The molecule has 0 aliphatic carbocycles. The number of nitrogens with zero attached hydrogens (tertiary/aromatic N) is 1. The summed E-state index contributed by atoms with van der Waals surface area (Å²) in [6.07, 6.45) is 1.67. The summed E-state index contributed by atoms with van der Waals surface area (Å²) in [7, 11) is 1.84. The van der Waals surface area contributed by atoms with Crippen molar-refractivity contribution in [1.29, 1.82) is 0 Å². The monoisotopic (exact) mass is 153 g/mol. The van der Waals surface area contributed by atoms with Gasteiger partial charge in [-0.05, 0) is 6.07 Å². The van der Waals surface area contributed by atoms with E-state index in [-0.39, 0.29) is 0 Å². The minimum atomic E-state index is 0.543. The number of hydrogen-bond donors (Lipinski definition) is 2. The minimum absolute atomic E-state index is 0.543. The topological polar surface area (TPSA) is 50.9 Å². The van der Waals surface area contributed by atoms with Crippen molar-refractivity contribution in [3.05, 3.63) is 18.3 Å². The van der Waals surface area contributed by atoms with Gasteiger partial charge >= 0.3 is 0 Å². The molecular formula is C8H15N3. The maximum atomic E-state index is 5.38. The second kappa shape index (κ2) is 5.53. The van der Waals surface area contributed by atoms with Gasteiger partial charge in [-0.3, -0.25) is 0 Å². The quantitative estimate of drug-likeness (QED) is 0.646. The first kappa shape index (κ1) is 9.75. The lowest BCUT2D eigenvalue weighted by Crippen LogP contribution is -1.92. The Hall–Kier alpha value is -1.25. The summed E-state index contributed by atoms with van der Waals surface area (Å²) in [6, 6.07) is 3.64. The van der Waals surface area contributed by atoms with Gasteiger partial charge in [0.25, 0.3) is 0 Å². The fourth-order valence-electron chi connectivity index (χ4n) is 0.604. The van der Waals surface area contributed by atoms with Gasteiger partial charge in [0.2, 0.25) is 0 Å². The van der Waals surface area contributed by atoms with E-state index in [0.717, 1.165) is 5.69 Å². The average molecular weight is 153 g/mol. The van der Waals surface area contributed by atoms with E-state index in [1.54, 1.807) is 12.3 Å². The van der Waals surface area contributed by atoms with Crippen molar-refractivity contribution in [1.82, 2.24) is 4.98 Å². The Bertz CT molecular complexity index is 198. The molecule has 62 valence electrons. The SMILES string of the molecule is CC.CNc1ccnc(N)c1. The molecule has 0 amide bonds. The predicted molar refractivity (Wildman–Crippen MR) is 49.5 cm³/mol. The lowest BCUT2D eigenvalue weighted by molar-refractivity contribution is 1.32. The van der Waals surface area contributed by atoms with Crippen LogP contribution in [0.3, 0.4) is 0 Å². The molecule has 3 nitrogen and oxygen atoms in total. The molecule has 3 heteroatoms. The first-order valence-corrected chi connectivity index (χ1v) is 3.72. The third-order valence-corrected chi connectivity index (χ3v) is 1.07. The van der Waals surface area contributed by atoms with E-state index >= 15 is 0 Å². The molecule has 1 rings (SSSR count). The highest BCUT2D eigenvalue weighted by Gasteiger charge is 1.86. The number of nitrogens with two attached hydrogens (primary N) is 1. The Kier molecular flexibility index (Phi) is 4.90. The molecule has 0 fully saturated rings. The van der Waals surface area contributed by atoms with Crippen molar-refractivity contribution in [3.63, 3.8) is 0 Å². The van der Waals surface area contributed by atoms with Gasteiger partial charge in [0.1, 0.15) is 5.82 Å². The highest BCUT2D eigenvalue weighted by Crippen LogP contribution is 2.06. The van der Waals surface area contributed by atoms with Crippen LogP contribution in [0.25, 0.3) is 0 Å². The molecule has 0 saturated carbocycles. The summed E-state index contributed by atoms with van der Waals surface area (Å²) in [5.41, 5.74) is 6.37. The summed E-state index contributed by atoms with van der Waals surface area (Å²) in [5, 5.41) is 2.95. The van der Waals surface area contributed by atoms with E-state index in [1.807, 2.05) is 27.0 Å². The van der Waals surface area contributed by atoms with Crippen molar-refractivity contribution in [2.75, 3.05) is 18.1 Å². The molecular weight excluding hydrogens is 138 g/mol. The highest BCUT2D eigenvalue weighted by molar-refractivity contribution is 5.48. The van der Waals surface area contributed by atoms with Crippen LogP contribution in [0.15, 0.2) is 18.3 Å². The molecule has 0 aromatic carbocycles. The van der Waals surface area contributed by atoms with E-state index in [1.165, 1.54) is 0 Å². The maximum Gasteiger partial charge on any atom is 0.125 e. The smallest absolute Gasteiger partial charge is 0.125 e. The van der Waals surface area contributed by atoms with Gasteiger partial charge in [-0.1, -0.05) is 13.8 Å². The van der Waals surface area contributed by atoms with Gasteiger partial charge in [0.05, 0.1) is 0 Å². The molecule has 11 heavy (non-hydrogen) atoms. The van der Waals surface area contributed by atoms with E-state index in [2.05, 4.69) is 10.3 Å². The van der Waals surface area contributed by atoms with Crippen LogP contribution in [0.4, 0.5) is 11.5 Å². The number of aromatic nitrogens is 1. The van der Waals surface area contributed by atoms with Gasteiger partial charge in [0.15, 0.2) is 0 Å². The molecule has 0 unspecified atom stereocenters. The number of anilines is 2. The van der Waals surface area contributed by atoms with Crippen LogP contribution in [-0.2, 0) is 0 Å². The van der Waals surface area contributed by atoms with Crippen molar-refractivity contribution in [2.45, 2.75) is 13.8 Å². The standard InChI is InChI=1S/C6H9N3.C2H6/c1-8-5-2-3-9-6(7)4-5;1-2/h2-4H,1H3,(H3,7,8,9);1-2H3. The molecule has 0 aliphatic heterocycles. The second-order valence-electron chi connectivity index (χ2n) is 1.72. The lowest BCUT2D eigenvalue weighted by Gasteiger charge is -1.97. The molecule has 0 spiro atoms. The molecule has 1 aromatic heterocycles. The Morgan fingerprint density at radius 3 is 2.45 bits per heavy atom. The molecule has 0 bridgehead atoms. The van der Waals surface area contributed by atoms with E-state index in [0.29, 0.717) is 5.82 Å². The Labute approximate surface area is 67.6 Å². The molecule has 1 aromatic rings. The van der Waals surface area contributed by atoms with Crippen molar-refractivity contribution in [3.8, 4) is 0 Å². The largest absolute Gasteiger partial charge is 0.388 e. The Balaban J connectivity index is 0.000000461. The lowest BCUT2D eigenvalue weighted by atomic mass is 10.4. The fraction of sp³-hybridized carbons (Fsp3) is 0.375. The van der Waals surface area contributed by atoms with Crippen LogP contribution in [0, 0.1) is 0 Å². The van der Waals surface area contributed by atoms with Crippen molar-refractivity contribution in [2.24, 2.45) is 0 Å². The van der Waals surface area contributed by atoms with Gasteiger partial charge in [-0.25, -0.2) is 4.98 Å². The van der Waals surface area contributed by atoms with Crippen LogP contribution in [0.1, 0.15) is 13.8 Å². The Morgan fingerprint density at radius 2 is 2.09 bits per heavy atom. The summed E-state index contributed by atoms with van der Waals surface area (Å²) < 4.78 is 0. The number of nitrogens with one attached hydrogen (secondary N) is 1. The van der Waals surface area contributed by atoms with Crippen LogP contribution >= 0.6 is 0 Å². The summed E-state index contributed by atoms with van der Waals surface area (Å²) in [6.45, 7) is 4.00. The molecule has 0 atom stereocenters. The molecule has 3 N–H and O–H groups in total. The second-order valence-corrected chi connectivity index (χ2v) is 1.72. The number of pyridine rings is 1. The van der Waals surface area contributed by atoms with Crippen molar-refractivity contribution >= 4 is 11.5 Å². The number of rotatable bonds is 1. The predicted octanol–water partition coefficient (Wildman–Crippen LogP) is 1.73. The van der Waals surface area contributed by atoms with Gasteiger partial charge in [0, 0.05) is 25.0 Å². The molecule has 0 saturated heterocycles. The Morgan fingerprint density at radius 1 is 1.45 bits per heavy atom. The minimum Gasteiger partial charge on any atom is -0.388 e. The van der Waals surface area contributed by atoms with Gasteiger partial charge in [-0.2, -0.15) is 0 Å². The number of hydrogen-bond acceptors (Lipinski definition) is 3. The van der Waals surface area contributed by atoms with Crippen LogP contribution in [0.5, 0.6) is 0 Å². The molecule has 0 radical (unpaired) electrons. The van der Waals surface area contributed by atoms with Crippen LogP contribution in [-0.4, -0.2) is 12.0 Å². The van der Waals surface area contributed by atoms with Gasteiger partial charge in [-0.15, -0.1) is 0 Å². The average Bonchev–Trinajstić information content (AvgIpc) is 2.08. The molecule has 1 heterocycles. The van der Waals surface area contributed by atoms with E-state index in [9.17, 15) is 0 Å². The zero-order valence-electron chi connectivity index (χ0n) is 7.26. The third-order valence-electron chi connectivity index (χ3n) is 1.07. The first-order valence-electron chi connectivity index (χ1n) is 3.72.